The first-order chi connectivity index (χ1) is 12.0. The molecule has 2 amide bonds. The predicted octanol–water partition coefficient (Wildman–Crippen LogP) is 4.18. The van der Waals surface area contributed by atoms with Gasteiger partial charge >= 0.3 is 6.03 Å². The van der Waals surface area contributed by atoms with Crippen LogP contribution < -0.4 is 15.5 Å². The SMILES string of the molecule is Cc1cc(C)nc(NC(=O)NC(C)c2cccc(N3CCCC3)c2)c1. The summed E-state index contributed by atoms with van der Waals surface area (Å²) in [5, 5.41) is 5.82. The van der Waals surface area contributed by atoms with Crippen LogP contribution in [0, 0.1) is 13.8 Å². The van der Waals surface area contributed by atoms with E-state index in [1.807, 2.05) is 32.9 Å². The third kappa shape index (κ3) is 4.50. The lowest BCUT2D eigenvalue weighted by molar-refractivity contribution is 0.249. The number of urea groups is 1. The van der Waals surface area contributed by atoms with Crippen LogP contribution in [0.4, 0.5) is 16.3 Å². The average Bonchev–Trinajstić information content (AvgIpc) is 3.08. The zero-order chi connectivity index (χ0) is 17.8. The molecule has 0 saturated carbocycles. The molecule has 1 aromatic carbocycles. The summed E-state index contributed by atoms with van der Waals surface area (Å²) in [6.07, 6.45) is 2.51. The molecule has 0 bridgehead atoms. The summed E-state index contributed by atoms with van der Waals surface area (Å²) < 4.78 is 0. The minimum Gasteiger partial charge on any atom is -0.372 e. The third-order valence-corrected chi connectivity index (χ3v) is 4.53. The maximum Gasteiger partial charge on any atom is 0.320 e. The Morgan fingerprint density at radius 3 is 2.64 bits per heavy atom. The van der Waals surface area contributed by atoms with Gasteiger partial charge in [-0.05, 0) is 69.0 Å². The number of aromatic nitrogens is 1. The number of carbonyl (C=O) groups excluding carboxylic acids is 1. The van der Waals surface area contributed by atoms with Gasteiger partial charge < -0.3 is 10.2 Å². The van der Waals surface area contributed by atoms with Crippen molar-refractivity contribution >= 4 is 17.5 Å². The summed E-state index contributed by atoms with van der Waals surface area (Å²) >= 11 is 0. The number of hydrogen-bond acceptors (Lipinski definition) is 3. The van der Waals surface area contributed by atoms with Crippen molar-refractivity contribution in [2.75, 3.05) is 23.3 Å². The fourth-order valence-electron chi connectivity index (χ4n) is 3.30. The molecule has 132 valence electrons. The second kappa shape index (κ2) is 7.55. The number of nitrogens with zero attached hydrogens (tertiary/aromatic N) is 2. The number of hydrogen-bond donors (Lipinski definition) is 2. The van der Waals surface area contributed by atoms with Crippen molar-refractivity contribution in [3.05, 3.63) is 53.2 Å². The van der Waals surface area contributed by atoms with E-state index in [0.29, 0.717) is 5.82 Å². The third-order valence-electron chi connectivity index (χ3n) is 4.53. The standard InChI is InChI=1S/C20H26N4O/c1-14-11-15(2)21-19(12-14)23-20(25)22-16(3)17-7-6-8-18(13-17)24-9-4-5-10-24/h6-8,11-13,16H,4-5,9-10H2,1-3H3,(H2,21,22,23,25). The fraction of sp³-hybridized carbons (Fsp3) is 0.400. The number of anilines is 2. The van der Waals surface area contributed by atoms with Crippen molar-refractivity contribution in [2.45, 2.75) is 39.7 Å². The van der Waals surface area contributed by atoms with E-state index in [2.05, 4.69) is 44.8 Å². The molecule has 5 nitrogen and oxygen atoms in total. The molecule has 0 radical (unpaired) electrons. The second-order valence-electron chi connectivity index (χ2n) is 6.78. The maximum absolute atomic E-state index is 12.3. The number of aryl methyl sites for hydroxylation is 2. The van der Waals surface area contributed by atoms with Gasteiger partial charge in [0.15, 0.2) is 0 Å². The van der Waals surface area contributed by atoms with Gasteiger partial charge in [-0.25, -0.2) is 9.78 Å². The maximum atomic E-state index is 12.3. The molecule has 0 aliphatic carbocycles. The van der Waals surface area contributed by atoms with Crippen molar-refractivity contribution < 1.29 is 4.79 Å². The van der Waals surface area contributed by atoms with Crippen LogP contribution in [0.5, 0.6) is 0 Å². The molecule has 25 heavy (non-hydrogen) atoms. The zero-order valence-electron chi connectivity index (χ0n) is 15.2. The Morgan fingerprint density at radius 1 is 1.16 bits per heavy atom. The number of rotatable bonds is 4. The lowest BCUT2D eigenvalue weighted by Crippen LogP contribution is -2.31. The molecule has 1 unspecified atom stereocenters. The Bertz CT molecular complexity index is 733. The summed E-state index contributed by atoms with van der Waals surface area (Å²) in [6.45, 7) is 8.14. The Morgan fingerprint density at radius 2 is 1.92 bits per heavy atom. The Kier molecular flexibility index (Phi) is 5.22. The van der Waals surface area contributed by atoms with E-state index in [1.165, 1.54) is 18.5 Å². The van der Waals surface area contributed by atoms with Crippen LogP contribution in [-0.2, 0) is 0 Å². The topological polar surface area (TPSA) is 57.3 Å². The zero-order valence-corrected chi connectivity index (χ0v) is 15.2. The van der Waals surface area contributed by atoms with Gasteiger partial charge in [0.1, 0.15) is 5.82 Å². The molecule has 2 aromatic rings. The Balaban J connectivity index is 1.64. The highest BCUT2D eigenvalue weighted by atomic mass is 16.2. The van der Waals surface area contributed by atoms with E-state index in [4.69, 9.17) is 0 Å². The van der Waals surface area contributed by atoms with Crippen molar-refractivity contribution in [1.29, 1.82) is 0 Å². The Labute approximate surface area is 149 Å². The molecule has 1 fully saturated rings. The van der Waals surface area contributed by atoms with Gasteiger partial charge in [-0.15, -0.1) is 0 Å². The van der Waals surface area contributed by atoms with Crippen LogP contribution in [0.3, 0.4) is 0 Å². The van der Waals surface area contributed by atoms with Crippen molar-refractivity contribution in [3.8, 4) is 0 Å². The van der Waals surface area contributed by atoms with Gasteiger partial charge in [-0.2, -0.15) is 0 Å². The number of nitrogens with one attached hydrogen (secondary N) is 2. The smallest absolute Gasteiger partial charge is 0.320 e. The van der Waals surface area contributed by atoms with Crippen molar-refractivity contribution in [1.82, 2.24) is 10.3 Å². The van der Waals surface area contributed by atoms with Crippen molar-refractivity contribution in [3.63, 3.8) is 0 Å². The monoisotopic (exact) mass is 338 g/mol. The summed E-state index contributed by atoms with van der Waals surface area (Å²) in [7, 11) is 0. The largest absolute Gasteiger partial charge is 0.372 e. The number of carbonyl (C=O) groups is 1. The van der Waals surface area contributed by atoms with Gasteiger partial charge in [0, 0.05) is 24.5 Å². The molecule has 1 saturated heterocycles. The molecule has 2 N–H and O–H groups in total. The highest BCUT2D eigenvalue weighted by Gasteiger charge is 2.15. The highest BCUT2D eigenvalue weighted by Crippen LogP contribution is 2.24. The number of amides is 2. The molecule has 1 aromatic heterocycles. The van der Waals surface area contributed by atoms with E-state index >= 15 is 0 Å². The number of pyridine rings is 1. The van der Waals surface area contributed by atoms with Crippen LogP contribution in [-0.4, -0.2) is 24.1 Å². The summed E-state index contributed by atoms with van der Waals surface area (Å²) in [4.78, 5) is 19.0. The molecule has 2 heterocycles. The Hall–Kier alpha value is -2.56. The minimum atomic E-state index is -0.239. The molecule has 1 aliphatic heterocycles. The first kappa shape index (κ1) is 17.3. The van der Waals surface area contributed by atoms with Gasteiger partial charge in [-0.3, -0.25) is 5.32 Å². The quantitative estimate of drug-likeness (QED) is 0.879. The summed E-state index contributed by atoms with van der Waals surface area (Å²) in [5.41, 5.74) is 4.31. The first-order valence-corrected chi connectivity index (χ1v) is 8.89. The predicted molar refractivity (Wildman–Crippen MR) is 102 cm³/mol. The lowest BCUT2D eigenvalue weighted by Gasteiger charge is -2.21. The molecule has 0 spiro atoms. The van der Waals surface area contributed by atoms with Crippen molar-refractivity contribution in [2.24, 2.45) is 0 Å². The van der Waals surface area contributed by atoms with E-state index in [-0.39, 0.29) is 12.1 Å². The summed E-state index contributed by atoms with van der Waals surface area (Å²) in [5.74, 6) is 0.577. The normalized spacial score (nSPS) is 15.1. The van der Waals surface area contributed by atoms with E-state index < -0.39 is 0 Å². The van der Waals surface area contributed by atoms with Gasteiger partial charge in [-0.1, -0.05) is 12.1 Å². The minimum absolute atomic E-state index is 0.0755. The molecule has 1 atom stereocenters. The van der Waals surface area contributed by atoms with Gasteiger partial charge in [0.05, 0.1) is 6.04 Å². The van der Waals surface area contributed by atoms with E-state index in [9.17, 15) is 4.79 Å². The highest BCUT2D eigenvalue weighted by molar-refractivity contribution is 5.88. The van der Waals surface area contributed by atoms with Crippen LogP contribution in [0.1, 0.15) is 42.6 Å². The fourth-order valence-corrected chi connectivity index (χ4v) is 3.30. The van der Waals surface area contributed by atoms with Gasteiger partial charge in [0.25, 0.3) is 0 Å². The molecule has 5 heteroatoms. The van der Waals surface area contributed by atoms with Crippen LogP contribution >= 0.6 is 0 Å². The lowest BCUT2D eigenvalue weighted by atomic mass is 10.1. The average molecular weight is 338 g/mol. The van der Waals surface area contributed by atoms with Crippen LogP contribution in [0.25, 0.3) is 0 Å². The summed E-state index contributed by atoms with van der Waals surface area (Å²) in [6, 6.07) is 12.0. The molecular formula is C20H26N4O. The van der Waals surface area contributed by atoms with Crippen LogP contribution in [0.15, 0.2) is 36.4 Å². The molecule has 3 rings (SSSR count). The molecule has 1 aliphatic rings. The van der Waals surface area contributed by atoms with E-state index in [1.54, 1.807) is 0 Å². The molecular weight excluding hydrogens is 312 g/mol. The first-order valence-electron chi connectivity index (χ1n) is 8.89. The number of benzene rings is 1. The van der Waals surface area contributed by atoms with E-state index in [0.717, 1.165) is 29.9 Å². The second-order valence-corrected chi connectivity index (χ2v) is 6.78. The van der Waals surface area contributed by atoms with Crippen LogP contribution in [0.2, 0.25) is 0 Å². The van der Waals surface area contributed by atoms with Gasteiger partial charge in [0.2, 0.25) is 0 Å².